The van der Waals surface area contributed by atoms with Gasteiger partial charge in [-0.25, -0.2) is 9.59 Å². The van der Waals surface area contributed by atoms with E-state index in [1.54, 1.807) is 62.8 Å². The Hall–Kier alpha value is -3.42. The van der Waals surface area contributed by atoms with E-state index in [2.05, 4.69) is 0 Å². The molecular weight excluding hydrogens is 356 g/mol. The van der Waals surface area contributed by atoms with E-state index in [-0.39, 0.29) is 13.2 Å². The highest BCUT2D eigenvalue weighted by atomic mass is 16.7. The monoisotopic (exact) mass is 376 g/mol. The number of hydrogen-bond acceptors (Lipinski definition) is 8. The molecule has 0 unspecified atom stereocenters. The van der Waals surface area contributed by atoms with Gasteiger partial charge in [0.1, 0.15) is 23.0 Å². The molecule has 144 valence electrons. The molecule has 2 aromatic carbocycles. The van der Waals surface area contributed by atoms with Gasteiger partial charge in [-0.3, -0.25) is 0 Å². The largest absolute Gasteiger partial charge is 0.513 e. The lowest BCUT2D eigenvalue weighted by Crippen LogP contribution is -2.15. The molecule has 2 aromatic rings. The maximum atomic E-state index is 11.5. The van der Waals surface area contributed by atoms with Crippen LogP contribution in [0.4, 0.5) is 9.59 Å². The van der Waals surface area contributed by atoms with Gasteiger partial charge in [0.25, 0.3) is 0 Å². The maximum absolute atomic E-state index is 11.5. The van der Waals surface area contributed by atoms with E-state index in [1.165, 1.54) is 0 Å². The van der Waals surface area contributed by atoms with Gasteiger partial charge in [-0.2, -0.15) is 0 Å². The average molecular weight is 376 g/mol. The number of carbonyl (C=O) groups excluding carboxylic acids is 2. The van der Waals surface area contributed by atoms with E-state index in [4.69, 9.17) is 28.4 Å². The van der Waals surface area contributed by atoms with E-state index in [0.717, 1.165) is 0 Å². The number of methoxy groups -OCH3 is 2. The lowest BCUT2D eigenvalue weighted by atomic mass is 10.3. The Kier molecular flexibility index (Phi) is 7.77. The molecule has 0 amide bonds. The van der Waals surface area contributed by atoms with Crippen molar-refractivity contribution in [1.82, 2.24) is 0 Å². The minimum absolute atomic E-state index is 0.0325. The van der Waals surface area contributed by atoms with E-state index in [0.29, 0.717) is 29.4 Å². The van der Waals surface area contributed by atoms with Gasteiger partial charge in [-0.15, -0.1) is 0 Å². The highest BCUT2D eigenvalue weighted by molar-refractivity contribution is 5.64. The van der Waals surface area contributed by atoms with Crippen molar-refractivity contribution in [3.8, 4) is 23.0 Å². The zero-order valence-electron chi connectivity index (χ0n) is 15.0. The molecule has 0 saturated heterocycles. The molecule has 0 aliphatic rings. The lowest BCUT2D eigenvalue weighted by molar-refractivity contribution is 0.0757. The van der Waals surface area contributed by atoms with Crippen molar-refractivity contribution in [2.45, 2.75) is 6.42 Å². The summed E-state index contributed by atoms with van der Waals surface area (Å²) in [6, 6.07) is 13.0. The van der Waals surface area contributed by atoms with Crippen molar-refractivity contribution in [3.63, 3.8) is 0 Å². The van der Waals surface area contributed by atoms with E-state index < -0.39 is 12.3 Å². The zero-order valence-corrected chi connectivity index (χ0v) is 15.0. The predicted octanol–water partition coefficient (Wildman–Crippen LogP) is 3.82. The Bertz CT molecular complexity index is 661. The Morgan fingerprint density at radius 1 is 0.630 bits per heavy atom. The van der Waals surface area contributed by atoms with Crippen LogP contribution in [-0.2, 0) is 9.47 Å². The Morgan fingerprint density at radius 3 is 1.30 bits per heavy atom. The molecule has 2 rings (SSSR count). The van der Waals surface area contributed by atoms with Gasteiger partial charge in [0.15, 0.2) is 0 Å². The molecule has 0 aliphatic heterocycles. The second-order valence-corrected chi connectivity index (χ2v) is 5.11. The molecule has 0 aliphatic carbocycles. The van der Waals surface area contributed by atoms with E-state index >= 15 is 0 Å². The standard InChI is InChI=1S/C19H20O8/c1-22-14-4-8-16(9-5-14)26-18(20)24-12-3-13-25-19(21)27-17-10-6-15(23-2)7-11-17/h4-11H,3,12-13H2,1-2H3. The zero-order chi connectivity index (χ0) is 19.5. The number of benzene rings is 2. The van der Waals surface area contributed by atoms with Gasteiger partial charge in [0.2, 0.25) is 0 Å². The highest BCUT2D eigenvalue weighted by Crippen LogP contribution is 2.18. The Balaban J connectivity index is 1.58. The molecule has 0 aromatic heterocycles. The molecule has 27 heavy (non-hydrogen) atoms. The summed E-state index contributed by atoms with van der Waals surface area (Å²) in [5, 5.41) is 0. The molecule has 0 N–H and O–H groups in total. The van der Waals surface area contributed by atoms with Gasteiger partial charge >= 0.3 is 12.3 Å². The molecule has 8 nitrogen and oxygen atoms in total. The van der Waals surface area contributed by atoms with Gasteiger partial charge in [-0.1, -0.05) is 0 Å². The van der Waals surface area contributed by atoms with Crippen LogP contribution in [0.25, 0.3) is 0 Å². The first-order valence-electron chi connectivity index (χ1n) is 8.08. The minimum Gasteiger partial charge on any atom is -0.497 e. The third-order valence-corrected chi connectivity index (χ3v) is 3.25. The summed E-state index contributed by atoms with van der Waals surface area (Å²) in [6.45, 7) is 0.0651. The van der Waals surface area contributed by atoms with Crippen LogP contribution in [-0.4, -0.2) is 39.7 Å². The molecular formula is C19H20O8. The van der Waals surface area contributed by atoms with Crippen molar-refractivity contribution in [2.24, 2.45) is 0 Å². The first-order chi connectivity index (χ1) is 13.1. The number of hydrogen-bond donors (Lipinski definition) is 0. The fourth-order valence-corrected chi connectivity index (χ4v) is 1.91. The summed E-state index contributed by atoms with van der Waals surface area (Å²) in [5.74, 6) is 1.96. The maximum Gasteiger partial charge on any atom is 0.513 e. The summed E-state index contributed by atoms with van der Waals surface area (Å²) in [6.07, 6.45) is -1.39. The lowest BCUT2D eigenvalue weighted by Gasteiger charge is -2.08. The Labute approximate surface area is 156 Å². The highest BCUT2D eigenvalue weighted by Gasteiger charge is 2.08. The van der Waals surface area contributed by atoms with Crippen LogP contribution >= 0.6 is 0 Å². The van der Waals surface area contributed by atoms with Crippen LogP contribution in [0.5, 0.6) is 23.0 Å². The fraction of sp³-hybridized carbons (Fsp3) is 0.263. The smallest absolute Gasteiger partial charge is 0.497 e. The Morgan fingerprint density at radius 2 is 0.963 bits per heavy atom. The van der Waals surface area contributed by atoms with Crippen LogP contribution in [0, 0.1) is 0 Å². The summed E-state index contributed by atoms with van der Waals surface area (Å²) in [7, 11) is 3.08. The van der Waals surface area contributed by atoms with E-state index in [9.17, 15) is 9.59 Å². The van der Waals surface area contributed by atoms with Crippen molar-refractivity contribution in [2.75, 3.05) is 27.4 Å². The molecule has 0 atom stereocenters. The molecule has 0 fully saturated rings. The van der Waals surface area contributed by atoms with Gasteiger partial charge in [0, 0.05) is 6.42 Å². The van der Waals surface area contributed by atoms with Crippen molar-refractivity contribution < 1.29 is 38.0 Å². The van der Waals surface area contributed by atoms with Gasteiger partial charge < -0.3 is 28.4 Å². The predicted molar refractivity (Wildman–Crippen MR) is 94.6 cm³/mol. The van der Waals surface area contributed by atoms with Crippen molar-refractivity contribution in [1.29, 1.82) is 0 Å². The van der Waals surface area contributed by atoms with Crippen LogP contribution in [0.3, 0.4) is 0 Å². The molecule has 0 bridgehead atoms. The van der Waals surface area contributed by atoms with Crippen molar-refractivity contribution >= 4 is 12.3 Å². The van der Waals surface area contributed by atoms with Crippen LogP contribution in [0.1, 0.15) is 6.42 Å². The summed E-state index contributed by atoms with van der Waals surface area (Å²) >= 11 is 0. The first-order valence-corrected chi connectivity index (χ1v) is 8.08. The van der Waals surface area contributed by atoms with Crippen LogP contribution < -0.4 is 18.9 Å². The van der Waals surface area contributed by atoms with Gasteiger partial charge in [0.05, 0.1) is 27.4 Å². The summed E-state index contributed by atoms with van der Waals surface area (Å²) < 4.78 is 29.7. The molecule has 8 heteroatoms. The average Bonchev–Trinajstić information content (AvgIpc) is 2.69. The topological polar surface area (TPSA) is 89.5 Å². The minimum atomic E-state index is -0.846. The molecule has 0 radical (unpaired) electrons. The van der Waals surface area contributed by atoms with Crippen LogP contribution in [0.15, 0.2) is 48.5 Å². The van der Waals surface area contributed by atoms with E-state index in [1.807, 2.05) is 0 Å². The third kappa shape index (κ3) is 7.15. The number of ether oxygens (including phenoxy) is 6. The molecule has 0 heterocycles. The SMILES string of the molecule is COc1ccc(OC(=O)OCCCOC(=O)Oc2ccc(OC)cc2)cc1. The molecule has 0 saturated carbocycles. The summed E-state index contributed by atoms with van der Waals surface area (Å²) in [4.78, 5) is 23.1. The summed E-state index contributed by atoms with van der Waals surface area (Å²) in [5.41, 5.74) is 0. The van der Waals surface area contributed by atoms with Crippen molar-refractivity contribution in [3.05, 3.63) is 48.5 Å². The second-order valence-electron chi connectivity index (χ2n) is 5.11. The normalized spacial score (nSPS) is 9.85. The number of carbonyl (C=O) groups is 2. The van der Waals surface area contributed by atoms with Crippen LogP contribution in [0.2, 0.25) is 0 Å². The fourth-order valence-electron chi connectivity index (χ4n) is 1.91. The first kappa shape index (κ1) is 19.9. The van der Waals surface area contributed by atoms with Gasteiger partial charge in [-0.05, 0) is 48.5 Å². The quantitative estimate of drug-likeness (QED) is 0.390. The molecule has 0 spiro atoms. The number of rotatable bonds is 8. The second kappa shape index (κ2) is 10.5. The third-order valence-electron chi connectivity index (χ3n) is 3.25.